The second-order valence-electron chi connectivity index (χ2n) is 15.6. The van der Waals surface area contributed by atoms with Gasteiger partial charge in [-0.15, -0.1) is 11.3 Å². The molecule has 0 radical (unpaired) electrons. The van der Waals surface area contributed by atoms with Crippen molar-refractivity contribution in [2.24, 2.45) is 13.0 Å². The SMILES string of the molecule is Cn1ncc(-c2nc(NC3CCC(N(CC(=O)NCCCCNCC(=O)NCc4scc5c4C(=O)N(C4CCC(=O)NC4=O)C5=O)C(=O)O)CC3)ncc2Cl)c1CC1CC1. The topological polar surface area (TPSA) is 250 Å². The highest BCUT2D eigenvalue weighted by Crippen LogP contribution is 2.37. The molecule has 2 aliphatic carbocycles. The van der Waals surface area contributed by atoms with Gasteiger partial charge in [0.15, 0.2) is 0 Å². The van der Waals surface area contributed by atoms with Crippen molar-refractivity contribution in [1.29, 1.82) is 0 Å². The van der Waals surface area contributed by atoms with E-state index in [0.29, 0.717) is 79.1 Å². The second-order valence-corrected chi connectivity index (χ2v) is 17.0. The Morgan fingerprint density at radius 3 is 2.47 bits per heavy atom. The number of nitrogens with zero attached hydrogens (tertiary/aromatic N) is 6. The number of carbonyl (C=O) groups excluding carboxylic acids is 6. The summed E-state index contributed by atoms with van der Waals surface area (Å²) in [5, 5.41) is 30.5. The van der Waals surface area contributed by atoms with E-state index in [1.807, 2.05) is 11.7 Å². The van der Waals surface area contributed by atoms with Crippen molar-refractivity contribution in [2.75, 3.05) is 31.5 Å². The van der Waals surface area contributed by atoms with Crippen LogP contribution in [-0.2, 0) is 39.2 Å². The first-order chi connectivity index (χ1) is 28.9. The van der Waals surface area contributed by atoms with E-state index in [0.717, 1.165) is 22.6 Å². The van der Waals surface area contributed by atoms with E-state index in [-0.39, 0.29) is 67.5 Å². The van der Waals surface area contributed by atoms with E-state index < -0.39 is 35.8 Å². The molecule has 2 aliphatic heterocycles. The number of hydrogen-bond donors (Lipinski definition) is 6. The molecule has 1 atom stereocenters. The lowest BCUT2D eigenvalue weighted by Crippen LogP contribution is -2.54. The highest BCUT2D eigenvalue weighted by Gasteiger charge is 2.46. The monoisotopic (exact) mass is 865 g/mol. The largest absolute Gasteiger partial charge is 0.465 e. The van der Waals surface area contributed by atoms with Gasteiger partial charge in [0.25, 0.3) is 11.8 Å². The fourth-order valence-corrected chi connectivity index (χ4v) is 9.06. The zero-order chi connectivity index (χ0) is 42.5. The molecule has 4 aliphatic rings. The summed E-state index contributed by atoms with van der Waals surface area (Å²) < 4.78 is 1.88. The lowest BCUT2D eigenvalue weighted by atomic mass is 9.90. The summed E-state index contributed by atoms with van der Waals surface area (Å²) in [7, 11) is 1.92. The molecule has 2 saturated carbocycles. The number of fused-ring (bicyclic) bond motifs is 1. The number of unbranched alkanes of at least 4 members (excludes halogenated alkanes) is 1. The van der Waals surface area contributed by atoms with Crippen molar-refractivity contribution in [2.45, 2.75) is 95.3 Å². The molecule has 7 amide bonds. The van der Waals surface area contributed by atoms with Crippen LogP contribution in [0.3, 0.4) is 0 Å². The minimum absolute atomic E-state index is 0.000880. The number of anilines is 1. The van der Waals surface area contributed by atoms with Crippen molar-refractivity contribution in [3.05, 3.63) is 44.5 Å². The number of carboxylic acid groups (broad SMARTS) is 1. The number of thiophene rings is 1. The van der Waals surface area contributed by atoms with Crippen LogP contribution in [0.4, 0.5) is 10.7 Å². The Balaban J connectivity index is 0.774. The number of amides is 7. The number of rotatable bonds is 18. The third kappa shape index (κ3) is 9.93. The molecular formula is C39H48ClN11O8S. The molecule has 19 nitrogen and oxygen atoms in total. The molecule has 5 heterocycles. The number of carbonyl (C=O) groups is 7. The van der Waals surface area contributed by atoms with Crippen LogP contribution in [0.15, 0.2) is 17.8 Å². The highest BCUT2D eigenvalue weighted by atomic mass is 35.5. The highest BCUT2D eigenvalue weighted by molar-refractivity contribution is 7.10. The third-order valence-electron chi connectivity index (χ3n) is 11.4. The maximum absolute atomic E-state index is 13.1. The number of nitrogens with one attached hydrogen (secondary N) is 5. The molecule has 3 fully saturated rings. The van der Waals surface area contributed by atoms with Gasteiger partial charge in [-0.05, 0) is 76.7 Å². The van der Waals surface area contributed by atoms with Gasteiger partial charge in [0, 0.05) is 53.6 Å². The standard InChI is InChI=1S/C39H48ClN11O8S/c1-49-28(14-21-4-5-21)24(15-45-49)34-26(40)16-44-38(48-34)46-22-6-8-23(9-7-22)50(39(58)59)19-32(54)42-13-3-2-12-41-18-31(53)43-17-29-33-25(20-60-29)36(56)51(37(33)57)27-10-11-30(52)47-35(27)55/h15-16,20-23,27,41H,2-14,17-19H2,1H3,(H,42,54)(H,43,53)(H,58,59)(H,44,46,48)(H,47,52,55). The summed E-state index contributed by atoms with van der Waals surface area (Å²) in [6, 6.07) is -1.34. The van der Waals surface area contributed by atoms with E-state index in [1.54, 1.807) is 12.4 Å². The fourth-order valence-electron chi connectivity index (χ4n) is 7.92. The molecule has 21 heteroatoms. The Morgan fingerprint density at radius 2 is 1.73 bits per heavy atom. The van der Waals surface area contributed by atoms with Crippen molar-refractivity contribution in [3.63, 3.8) is 0 Å². The number of piperidine rings is 1. The first-order valence-electron chi connectivity index (χ1n) is 20.2. The van der Waals surface area contributed by atoms with Crippen LogP contribution in [0.2, 0.25) is 5.02 Å². The predicted molar refractivity (Wildman–Crippen MR) is 218 cm³/mol. The molecule has 0 bridgehead atoms. The molecule has 1 saturated heterocycles. The second kappa shape index (κ2) is 18.8. The fraction of sp³-hybridized carbons (Fsp3) is 0.538. The predicted octanol–water partition coefficient (Wildman–Crippen LogP) is 2.45. The normalized spacial score (nSPS) is 20.2. The first-order valence-corrected chi connectivity index (χ1v) is 21.5. The summed E-state index contributed by atoms with van der Waals surface area (Å²) in [4.78, 5) is 99.1. The van der Waals surface area contributed by atoms with Gasteiger partial charge in [-0.3, -0.25) is 48.6 Å². The van der Waals surface area contributed by atoms with Gasteiger partial charge in [-0.25, -0.2) is 14.8 Å². The Labute approximate surface area is 354 Å². The van der Waals surface area contributed by atoms with Crippen LogP contribution in [0, 0.1) is 5.92 Å². The number of imide groups is 2. The number of aromatic nitrogens is 4. The van der Waals surface area contributed by atoms with Gasteiger partial charge >= 0.3 is 6.09 Å². The maximum Gasteiger partial charge on any atom is 0.408 e. The van der Waals surface area contributed by atoms with Crippen LogP contribution in [0.1, 0.15) is 95.5 Å². The van der Waals surface area contributed by atoms with Crippen molar-refractivity contribution < 1.29 is 38.7 Å². The Morgan fingerprint density at radius 1 is 0.967 bits per heavy atom. The number of hydrogen-bond acceptors (Lipinski definition) is 13. The number of halogens is 1. The Bertz CT molecular complexity index is 2170. The lowest BCUT2D eigenvalue weighted by Gasteiger charge is -2.35. The van der Waals surface area contributed by atoms with Crippen LogP contribution < -0.4 is 26.6 Å². The average Bonchev–Trinajstić information content (AvgIpc) is 3.75. The smallest absolute Gasteiger partial charge is 0.408 e. The molecule has 1 unspecified atom stereocenters. The van der Waals surface area contributed by atoms with Gasteiger partial charge in [0.2, 0.25) is 29.6 Å². The molecule has 7 rings (SSSR count). The van der Waals surface area contributed by atoms with E-state index in [1.165, 1.54) is 34.5 Å². The van der Waals surface area contributed by atoms with Gasteiger partial charge in [0.1, 0.15) is 12.6 Å². The van der Waals surface area contributed by atoms with Crippen molar-refractivity contribution >= 4 is 70.4 Å². The summed E-state index contributed by atoms with van der Waals surface area (Å²) in [5.41, 5.74) is 2.97. The van der Waals surface area contributed by atoms with Crippen LogP contribution in [-0.4, -0.2) is 120 Å². The third-order valence-corrected chi connectivity index (χ3v) is 12.6. The molecule has 60 heavy (non-hydrogen) atoms. The summed E-state index contributed by atoms with van der Waals surface area (Å²) in [6.07, 6.45) is 9.39. The Kier molecular flexibility index (Phi) is 13.4. The summed E-state index contributed by atoms with van der Waals surface area (Å²) in [5.74, 6) is -1.95. The lowest BCUT2D eigenvalue weighted by molar-refractivity contribution is -0.136. The zero-order valence-electron chi connectivity index (χ0n) is 33.1. The van der Waals surface area contributed by atoms with Crippen molar-refractivity contribution in [3.8, 4) is 11.3 Å². The van der Waals surface area contributed by atoms with Crippen molar-refractivity contribution in [1.82, 2.24) is 50.8 Å². The van der Waals surface area contributed by atoms with E-state index in [9.17, 15) is 38.7 Å². The van der Waals surface area contributed by atoms with Gasteiger partial charge in [-0.2, -0.15) is 5.10 Å². The van der Waals surface area contributed by atoms with E-state index in [2.05, 4.69) is 36.7 Å². The van der Waals surface area contributed by atoms with Gasteiger partial charge in [0.05, 0.1) is 47.3 Å². The zero-order valence-corrected chi connectivity index (χ0v) is 34.7. The van der Waals surface area contributed by atoms with Gasteiger partial charge < -0.3 is 26.4 Å². The molecule has 0 aromatic carbocycles. The molecular weight excluding hydrogens is 818 g/mol. The summed E-state index contributed by atoms with van der Waals surface area (Å²) >= 11 is 7.71. The molecule has 3 aromatic heterocycles. The van der Waals surface area contributed by atoms with E-state index in [4.69, 9.17) is 16.6 Å². The van der Waals surface area contributed by atoms with E-state index >= 15 is 0 Å². The van der Waals surface area contributed by atoms with Crippen LogP contribution >= 0.6 is 22.9 Å². The quantitative estimate of drug-likeness (QED) is 0.0796. The Hall–Kier alpha value is -5.47. The molecule has 320 valence electrons. The van der Waals surface area contributed by atoms with Crippen LogP contribution in [0.5, 0.6) is 0 Å². The molecule has 0 spiro atoms. The minimum Gasteiger partial charge on any atom is -0.465 e. The first kappa shape index (κ1) is 42.6. The maximum atomic E-state index is 13.1. The minimum atomic E-state index is -1.15. The average molecular weight is 866 g/mol. The molecule has 3 aromatic rings. The van der Waals surface area contributed by atoms with Crippen LogP contribution in [0.25, 0.3) is 11.3 Å². The molecule has 6 N–H and O–H groups in total. The number of aryl methyl sites for hydroxylation is 1. The summed E-state index contributed by atoms with van der Waals surface area (Å²) in [6.45, 7) is 0.579. The van der Waals surface area contributed by atoms with Gasteiger partial charge in [-0.1, -0.05) is 11.6 Å².